The number of hydrogen-bond donors (Lipinski definition) is 1. The number of nitrogens with zero attached hydrogens (tertiary/aromatic N) is 1. The Balaban J connectivity index is 0.00000121. The molecular weight excluding hydrogens is 217 g/mol. The molecule has 2 nitrogen and oxygen atoms in total. The smallest absolute Gasteiger partial charge is 0.148 e. The van der Waals surface area contributed by atoms with Gasteiger partial charge in [0.25, 0.3) is 0 Å². The molecule has 0 atom stereocenters. The Bertz CT molecular complexity index is 393. The summed E-state index contributed by atoms with van der Waals surface area (Å²) >= 11 is 0. The Kier molecular flexibility index (Phi) is 7.55. The second-order valence-electron chi connectivity index (χ2n) is 2.91. The van der Waals surface area contributed by atoms with Crippen molar-refractivity contribution in [3.63, 3.8) is 0 Å². The first-order valence-corrected chi connectivity index (χ1v) is 5.42. The van der Waals surface area contributed by atoms with Crippen LogP contribution in [-0.4, -0.2) is 11.8 Å². The van der Waals surface area contributed by atoms with Crippen molar-refractivity contribution >= 4 is 12.4 Å². The van der Waals surface area contributed by atoms with E-state index in [4.69, 9.17) is 5.11 Å². The number of rotatable bonds is 4. The van der Waals surface area contributed by atoms with Gasteiger partial charge in [0.05, 0.1) is 6.61 Å². The molecule has 0 fully saturated rings. The van der Waals surface area contributed by atoms with E-state index >= 15 is 0 Å². The topological polar surface area (TPSA) is 32.6 Å². The van der Waals surface area contributed by atoms with Gasteiger partial charge in [-0.1, -0.05) is 44.7 Å². The Morgan fingerprint density at radius 3 is 2.24 bits per heavy atom. The number of allylic oxidation sites excluding steroid dienone is 2. The van der Waals surface area contributed by atoms with E-state index in [0.717, 1.165) is 11.6 Å². The van der Waals surface area contributed by atoms with Gasteiger partial charge in [-0.2, -0.15) is 0 Å². The molecule has 1 aromatic rings. The van der Waals surface area contributed by atoms with Crippen LogP contribution in [0.25, 0.3) is 5.70 Å². The van der Waals surface area contributed by atoms with Crippen molar-refractivity contribution in [1.82, 2.24) is 0 Å². The molecule has 0 aliphatic rings. The van der Waals surface area contributed by atoms with Crippen LogP contribution in [0.4, 0.5) is 4.39 Å². The van der Waals surface area contributed by atoms with Crippen LogP contribution < -0.4 is 0 Å². The summed E-state index contributed by atoms with van der Waals surface area (Å²) in [4.78, 5) is 3.61. The Hall–Kier alpha value is -1.74. The molecule has 0 aromatic heterocycles. The fourth-order valence-corrected chi connectivity index (χ4v) is 1.17. The highest BCUT2D eigenvalue weighted by Gasteiger charge is 2.04. The van der Waals surface area contributed by atoms with E-state index in [2.05, 4.69) is 18.3 Å². The molecule has 1 N–H and O–H groups in total. The van der Waals surface area contributed by atoms with Crippen LogP contribution in [0.3, 0.4) is 0 Å². The molecule has 1 aromatic carbocycles. The fourth-order valence-electron chi connectivity index (χ4n) is 1.17. The van der Waals surface area contributed by atoms with Crippen LogP contribution >= 0.6 is 0 Å². The summed E-state index contributed by atoms with van der Waals surface area (Å²) in [5, 5.41) is 8.84. The average molecular weight is 235 g/mol. The van der Waals surface area contributed by atoms with Crippen molar-refractivity contribution in [2.75, 3.05) is 0 Å². The van der Waals surface area contributed by atoms with Crippen molar-refractivity contribution in [3.05, 3.63) is 53.9 Å². The molecule has 0 saturated carbocycles. The number of halogens is 1. The molecule has 0 amide bonds. The number of aliphatic hydroxyl groups is 1. The van der Waals surface area contributed by atoms with Crippen LogP contribution in [0, 0.1) is 0 Å². The minimum Gasteiger partial charge on any atom is -0.392 e. The first-order valence-electron chi connectivity index (χ1n) is 5.42. The highest BCUT2D eigenvalue weighted by molar-refractivity contribution is 5.71. The lowest BCUT2D eigenvalue weighted by atomic mass is 10.1. The highest BCUT2D eigenvalue weighted by atomic mass is 19.1. The monoisotopic (exact) mass is 235 g/mol. The van der Waals surface area contributed by atoms with Gasteiger partial charge in [-0.15, -0.1) is 0 Å². The van der Waals surface area contributed by atoms with Gasteiger partial charge in [0.1, 0.15) is 11.5 Å². The van der Waals surface area contributed by atoms with Gasteiger partial charge in [0, 0.05) is 5.56 Å². The first-order chi connectivity index (χ1) is 8.22. The van der Waals surface area contributed by atoms with Crippen LogP contribution in [0.5, 0.6) is 0 Å². The molecule has 92 valence electrons. The molecule has 0 aliphatic heterocycles. The summed E-state index contributed by atoms with van der Waals surface area (Å²) in [5.41, 5.74) is 1.54. The zero-order valence-electron chi connectivity index (χ0n) is 10.3. The molecule has 0 spiro atoms. The van der Waals surface area contributed by atoms with Crippen molar-refractivity contribution in [2.45, 2.75) is 20.5 Å². The lowest BCUT2D eigenvalue weighted by Crippen LogP contribution is -1.86. The number of hydrogen-bond acceptors (Lipinski definition) is 2. The molecular formula is C14H18FNO. The van der Waals surface area contributed by atoms with Gasteiger partial charge < -0.3 is 5.11 Å². The lowest BCUT2D eigenvalue weighted by Gasteiger charge is -2.03. The van der Waals surface area contributed by atoms with Crippen LogP contribution in [0.15, 0.2) is 47.7 Å². The van der Waals surface area contributed by atoms with Crippen LogP contribution in [0.1, 0.15) is 25.0 Å². The van der Waals surface area contributed by atoms with E-state index in [0.29, 0.717) is 5.56 Å². The maximum Gasteiger partial charge on any atom is 0.148 e. The van der Waals surface area contributed by atoms with E-state index in [1.54, 1.807) is 24.3 Å². The minimum absolute atomic E-state index is 0.0369. The second kappa shape index (κ2) is 8.42. The number of aliphatic hydroxyl groups excluding tert-OH is 1. The Morgan fingerprint density at radius 1 is 1.35 bits per heavy atom. The van der Waals surface area contributed by atoms with E-state index in [1.807, 2.05) is 13.8 Å². The zero-order valence-corrected chi connectivity index (χ0v) is 10.3. The summed E-state index contributed by atoms with van der Waals surface area (Å²) in [5.74, 6) is -0.512. The van der Waals surface area contributed by atoms with Gasteiger partial charge in [-0.25, -0.2) is 4.39 Å². The van der Waals surface area contributed by atoms with E-state index < -0.39 is 5.83 Å². The molecule has 0 saturated heterocycles. The van der Waals surface area contributed by atoms with Gasteiger partial charge in [0.15, 0.2) is 0 Å². The van der Waals surface area contributed by atoms with Gasteiger partial charge in [-0.05, 0) is 18.4 Å². The van der Waals surface area contributed by atoms with E-state index in [9.17, 15) is 4.39 Å². The second-order valence-corrected chi connectivity index (χ2v) is 2.91. The predicted molar refractivity (Wildman–Crippen MR) is 71.5 cm³/mol. The van der Waals surface area contributed by atoms with Crippen LogP contribution in [0.2, 0.25) is 0 Å². The first kappa shape index (κ1) is 15.3. The number of aliphatic imine (C=N–C) groups is 1. The van der Waals surface area contributed by atoms with Gasteiger partial charge in [-0.3, -0.25) is 4.99 Å². The lowest BCUT2D eigenvalue weighted by molar-refractivity contribution is 0.282. The molecule has 0 bridgehead atoms. The molecule has 1 rings (SSSR count). The molecule has 0 radical (unpaired) electrons. The molecule has 0 aliphatic carbocycles. The fraction of sp³-hybridized carbons (Fsp3) is 0.214. The third kappa shape index (κ3) is 4.33. The predicted octanol–water partition coefficient (Wildman–Crippen LogP) is 3.73. The van der Waals surface area contributed by atoms with Crippen molar-refractivity contribution < 1.29 is 9.50 Å². The minimum atomic E-state index is -0.512. The Labute approximate surface area is 102 Å². The largest absolute Gasteiger partial charge is 0.392 e. The molecule has 0 heterocycles. The quantitative estimate of drug-likeness (QED) is 0.626. The molecule has 0 unspecified atom stereocenters. The normalized spacial score (nSPS) is 10.8. The summed E-state index contributed by atoms with van der Waals surface area (Å²) in [6, 6.07) is 6.77. The van der Waals surface area contributed by atoms with Gasteiger partial charge >= 0.3 is 0 Å². The highest BCUT2D eigenvalue weighted by Crippen LogP contribution is 2.21. The summed E-state index contributed by atoms with van der Waals surface area (Å²) < 4.78 is 13.2. The maximum atomic E-state index is 13.2. The summed E-state index contributed by atoms with van der Waals surface area (Å²) in [7, 11) is 0. The molecule has 17 heavy (non-hydrogen) atoms. The molecule has 3 heteroatoms. The number of benzene rings is 1. The van der Waals surface area contributed by atoms with Crippen molar-refractivity contribution in [1.29, 1.82) is 0 Å². The standard InChI is InChI=1S/C12H12FNO.C2H6/c1-3-11(13)12(14-2)10-6-4-9(8-15)5-7-10;1-2/h3-7,15H,1-2,8H2;1-2H3/b12-11+;. The van der Waals surface area contributed by atoms with Crippen molar-refractivity contribution in [3.8, 4) is 0 Å². The SMILES string of the molecule is C=C/C(F)=C(\N=C)c1ccc(CO)cc1.CC. The third-order valence-electron chi connectivity index (χ3n) is 1.97. The Morgan fingerprint density at radius 2 is 1.88 bits per heavy atom. The summed E-state index contributed by atoms with van der Waals surface area (Å²) in [6.45, 7) is 10.6. The maximum absolute atomic E-state index is 13.2. The summed E-state index contributed by atoms with van der Waals surface area (Å²) in [6.07, 6.45) is 1.09. The van der Waals surface area contributed by atoms with E-state index in [1.165, 1.54) is 0 Å². The van der Waals surface area contributed by atoms with E-state index in [-0.39, 0.29) is 12.3 Å². The van der Waals surface area contributed by atoms with Crippen molar-refractivity contribution in [2.24, 2.45) is 4.99 Å². The third-order valence-corrected chi connectivity index (χ3v) is 1.97. The zero-order chi connectivity index (χ0) is 13.3. The van der Waals surface area contributed by atoms with Gasteiger partial charge in [0.2, 0.25) is 0 Å². The van der Waals surface area contributed by atoms with Crippen LogP contribution in [-0.2, 0) is 6.61 Å². The average Bonchev–Trinajstić information content (AvgIpc) is 2.42.